The molecular weight excluding hydrogens is 276 g/mol. The van der Waals surface area contributed by atoms with Crippen molar-refractivity contribution >= 4 is 38.1 Å². The third-order valence-corrected chi connectivity index (χ3v) is 4.10. The summed E-state index contributed by atoms with van der Waals surface area (Å²) in [6, 6.07) is 5.58. The Hall–Kier alpha value is -0.550. The number of hydrogen-bond donors (Lipinski definition) is 2. The Morgan fingerprint density at radius 1 is 1.60 bits per heavy atom. The first kappa shape index (κ1) is 12.5. The van der Waals surface area contributed by atoms with Crippen LogP contribution in [0, 0.1) is 0 Å². The predicted octanol–water partition coefficient (Wildman–Crippen LogP) is 2.21. The monoisotopic (exact) mass is 290 g/mol. The Bertz CT molecular complexity index is 370. The van der Waals surface area contributed by atoms with Crippen LogP contribution < -0.4 is 11.1 Å². The summed E-state index contributed by atoms with van der Waals surface area (Å²) in [7, 11) is -0.797. The van der Waals surface area contributed by atoms with Gasteiger partial charge in [-0.15, -0.1) is 0 Å². The number of nitrogen functional groups attached to an aromatic ring is 1. The Morgan fingerprint density at radius 2 is 2.27 bits per heavy atom. The Morgan fingerprint density at radius 3 is 2.80 bits per heavy atom. The highest BCUT2D eigenvalue weighted by Crippen LogP contribution is 2.24. The van der Waals surface area contributed by atoms with Crippen LogP contribution in [-0.2, 0) is 10.8 Å². The van der Waals surface area contributed by atoms with E-state index in [0.29, 0.717) is 6.54 Å². The van der Waals surface area contributed by atoms with Gasteiger partial charge < -0.3 is 11.1 Å². The molecule has 0 aliphatic carbocycles. The summed E-state index contributed by atoms with van der Waals surface area (Å²) in [6.45, 7) is 2.64. The fourth-order valence-electron chi connectivity index (χ4n) is 1.05. The molecular formula is C10H15BrN2OS. The maximum absolute atomic E-state index is 11.1. The number of nitrogens with one attached hydrogen (secondary N) is 1. The molecule has 84 valence electrons. The van der Waals surface area contributed by atoms with Gasteiger partial charge in [0.05, 0.1) is 0 Å². The highest BCUT2D eigenvalue weighted by atomic mass is 79.9. The maximum Gasteiger partial charge on any atom is 0.0489 e. The number of anilines is 2. The zero-order valence-electron chi connectivity index (χ0n) is 8.79. The van der Waals surface area contributed by atoms with E-state index in [-0.39, 0.29) is 5.25 Å². The molecule has 3 N–H and O–H groups in total. The van der Waals surface area contributed by atoms with Crippen molar-refractivity contribution < 1.29 is 4.21 Å². The van der Waals surface area contributed by atoms with Crippen LogP contribution in [0.15, 0.2) is 22.7 Å². The molecule has 3 nitrogen and oxygen atoms in total. The van der Waals surface area contributed by atoms with Crippen molar-refractivity contribution in [2.45, 2.75) is 12.2 Å². The summed E-state index contributed by atoms with van der Waals surface area (Å²) < 4.78 is 12.1. The van der Waals surface area contributed by atoms with Gasteiger partial charge in [-0.05, 0) is 41.1 Å². The van der Waals surface area contributed by atoms with Crippen LogP contribution in [0.3, 0.4) is 0 Å². The summed E-state index contributed by atoms with van der Waals surface area (Å²) in [5.74, 6) is 0. The van der Waals surface area contributed by atoms with E-state index in [1.54, 1.807) is 6.26 Å². The minimum Gasteiger partial charge on any atom is -0.399 e. The molecule has 0 radical (unpaired) electrons. The molecule has 2 unspecified atom stereocenters. The average Bonchev–Trinajstić information content (AvgIpc) is 2.15. The number of rotatable bonds is 4. The quantitative estimate of drug-likeness (QED) is 0.836. The normalized spacial score (nSPS) is 14.6. The average molecular weight is 291 g/mol. The maximum atomic E-state index is 11.1. The molecule has 0 aliphatic heterocycles. The lowest BCUT2D eigenvalue weighted by Crippen LogP contribution is -2.20. The van der Waals surface area contributed by atoms with Crippen molar-refractivity contribution in [3.8, 4) is 0 Å². The van der Waals surface area contributed by atoms with Gasteiger partial charge in [-0.2, -0.15) is 0 Å². The first-order valence-corrected chi connectivity index (χ1v) is 7.03. The summed E-state index contributed by atoms with van der Waals surface area (Å²) >= 11 is 3.42. The fraction of sp³-hybridized carbons (Fsp3) is 0.400. The molecule has 5 heteroatoms. The van der Waals surface area contributed by atoms with E-state index in [1.807, 2.05) is 25.1 Å². The van der Waals surface area contributed by atoms with Gasteiger partial charge in [0.2, 0.25) is 0 Å². The lowest BCUT2D eigenvalue weighted by molar-refractivity contribution is 0.679. The van der Waals surface area contributed by atoms with Crippen LogP contribution in [0.2, 0.25) is 0 Å². The summed E-state index contributed by atoms with van der Waals surface area (Å²) in [5.41, 5.74) is 7.32. The summed E-state index contributed by atoms with van der Waals surface area (Å²) in [5, 5.41) is 3.36. The molecule has 0 heterocycles. The van der Waals surface area contributed by atoms with Crippen LogP contribution in [0.4, 0.5) is 11.4 Å². The molecule has 0 saturated carbocycles. The molecule has 1 aromatic rings. The van der Waals surface area contributed by atoms with E-state index in [0.717, 1.165) is 15.8 Å². The number of nitrogens with two attached hydrogens (primary N) is 1. The van der Waals surface area contributed by atoms with Crippen molar-refractivity contribution in [1.82, 2.24) is 0 Å². The van der Waals surface area contributed by atoms with E-state index in [2.05, 4.69) is 21.2 Å². The van der Waals surface area contributed by atoms with Crippen LogP contribution in [0.25, 0.3) is 0 Å². The number of halogens is 1. The third kappa shape index (κ3) is 3.83. The molecule has 0 bridgehead atoms. The van der Waals surface area contributed by atoms with Crippen LogP contribution in [-0.4, -0.2) is 22.3 Å². The highest BCUT2D eigenvalue weighted by molar-refractivity contribution is 9.10. The van der Waals surface area contributed by atoms with Gasteiger partial charge in [-0.25, -0.2) is 0 Å². The van der Waals surface area contributed by atoms with E-state index in [9.17, 15) is 4.21 Å². The fourth-order valence-corrected chi connectivity index (χ4v) is 1.90. The minimum atomic E-state index is -0.797. The minimum absolute atomic E-state index is 0.134. The largest absolute Gasteiger partial charge is 0.399 e. The standard InChI is InChI=1S/C10H15BrN2OS/c1-7(15(2)14)6-13-10-4-3-8(12)5-9(10)11/h3-5,7,13H,6,12H2,1-2H3. The molecule has 1 aromatic carbocycles. The van der Waals surface area contributed by atoms with E-state index in [1.165, 1.54) is 0 Å². The molecule has 0 amide bonds. The van der Waals surface area contributed by atoms with Gasteiger partial charge in [0.1, 0.15) is 0 Å². The van der Waals surface area contributed by atoms with Crippen molar-refractivity contribution in [1.29, 1.82) is 0 Å². The van der Waals surface area contributed by atoms with Crippen molar-refractivity contribution in [3.05, 3.63) is 22.7 Å². The first-order valence-electron chi connectivity index (χ1n) is 4.62. The van der Waals surface area contributed by atoms with E-state index < -0.39 is 10.8 Å². The smallest absolute Gasteiger partial charge is 0.0489 e. The Labute approximate surface area is 101 Å². The van der Waals surface area contributed by atoms with Crippen LogP contribution >= 0.6 is 15.9 Å². The summed E-state index contributed by atoms with van der Waals surface area (Å²) in [4.78, 5) is 0. The third-order valence-electron chi connectivity index (χ3n) is 2.14. The van der Waals surface area contributed by atoms with Gasteiger partial charge >= 0.3 is 0 Å². The molecule has 0 saturated heterocycles. The van der Waals surface area contributed by atoms with Crippen molar-refractivity contribution in [2.24, 2.45) is 0 Å². The van der Waals surface area contributed by atoms with Crippen molar-refractivity contribution in [2.75, 3.05) is 23.9 Å². The van der Waals surface area contributed by atoms with Gasteiger partial charge in [0, 0.05) is 44.7 Å². The second-order valence-corrected chi connectivity index (χ2v) is 6.09. The highest BCUT2D eigenvalue weighted by Gasteiger charge is 2.06. The van der Waals surface area contributed by atoms with Crippen molar-refractivity contribution in [3.63, 3.8) is 0 Å². The summed E-state index contributed by atoms with van der Waals surface area (Å²) in [6.07, 6.45) is 1.71. The van der Waals surface area contributed by atoms with Gasteiger partial charge in [0.25, 0.3) is 0 Å². The van der Waals surface area contributed by atoms with Gasteiger partial charge in [-0.3, -0.25) is 4.21 Å². The Balaban J connectivity index is 2.62. The first-order chi connectivity index (χ1) is 7.00. The lowest BCUT2D eigenvalue weighted by atomic mass is 10.3. The molecule has 2 atom stereocenters. The lowest BCUT2D eigenvalue weighted by Gasteiger charge is -2.12. The van der Waals surface area contributed by atoms with Gasteiger partial charge in [0.15, 0.2) is 0 Å². The van der Waals surface area contributed by atoms with Gasteiger partial charge in [-0.1, -0.05) is 0 Å². The Kier molecular flexibility index (Phi) is 4.60. The molecule has 0 aliphatic rings. The van der Waals surface area contributed by atoms with Crippen LogP contribution in [0.1, 0.15) is 6.92 Å². The zero-order valence-corrected chi connectivity index (χ0v) is 11.2. The van der Waals surface area contributed by atoms with E-state index in [4.69, 9.17) is 5.73 Å². The molecule has 1 rings (SSSR count). The predicted molar refractivity (Wildman–Crippen MR) is 70.6 cm³/mol. The number of benzene rings is 1. The second kappa shape index (κ2) is 5.51. The second-order valence-electron chi connectivity index (χ2n) is 3.43. The topological polar surface area (TPSA) is 55.1 Å². The molecule has 0 spiro atoms. The molecule has 15 heavy (non-hydrogen) atoms. The SMILES string of the molecule is CC(CNc1ccc(N)cc1Br)S(C)=O. The molecule has 0 aromatic heterocycles. The van der Waals surface area contributed by atoms with Crippen LogP contribution in [0.5, 0.6) is 0 Å². The number of hydrogen-bond acceptors (Lipinski definition) is 3. The zero-order chi connectivity index (χ0) is 11.4. The van der Waals surface area contributed by atoms with E-state index >= 15 is 0 Å². The molecule has 0 fully saturated rings.